The van der Waals surface area contributed by atoms with Crippen LogP contribution in [0.2, 0.25) is 0 Å². The molecule has 2 aromatic heterocycles. The molecule has 0 N–H and O–H groups in total. The van der Waals surface area contributed by atoms with Crippen LogP contribution in [0.1, 0.15) is 54.1 Å². The minimum Gasteiger partial charge on any atom is -0.338 e. The number of carbonyl (C=O) groups is 1. The number of amides is 1. The van der Waals surface area contributed by atoms with Crippen molar-refractivity contribution in [1.29, 1.82) is 0 Å². The highest BCUT2D eigenvalue weighted by molar-refractivity contribution is 5.99. The SMILES string of the molecule is CCN(CC)Cc1cnc2c(C(=O)N3CCC[C@H](c4ccccc4)C3)cnn2c1. The van der Waals surface area contributed by atoms with Crippen LogP contribution in [0.4, 0.5) is 0 Å². The number of piperidine rings is 1. The molecule has 152 valence electrons. The lowest BCUT2D eigenvalue weighted by atomic mass is 9.90. The molecule has 0 radical (unpaired) electrons. The van der Waals surface area contributed by atoms with Crippen LogP contribution in [-0.2, 0) is 6.54 Å². The average molecular weight is 392 g/mol. The van der Waals surface area contributed by atoms with E-state index in [-0.39, 0.29) is 5.91 Å². The third-order valence-electron chi connectivity index (χ3n) is 5.92. The van der Waals surface area contributed by atoms with Gasteiger partial charge in [-0.2, -0.15) is 5.10 Å². The molecule has 6 nitrogen and oxygen atoms in total. The van der Waals surface area contributed by atoms with Crippen LogP contribution in [0.5, 0.6) is 0 Å². The molecule has 0 bridgehead atoms. The van der Waals surface area contributed by atoms with Crippen LogP contribution < -0.4 is 0 Å². The van der Waals surface area contributed by atoms with E-state index in [1.165, 1.54) is 5.56 Å². The summed E-state index contributed by atoms with van der Waals surface area (Å²) < 4.78 is 1.74. The molecule has 3 aromatic rings. The van der Waals surface area contributed by atoms with Crippen molar-refractivity contribution in [3.05, 3.63) is 65.6 Å². The summed E-state index contributed by atoms with van der Waals surface area (Å²) in [6, 6.07) is 10.5. The Morgan fingerprint density at radius 2 is 1.97 bits per heavy atom. The number of fused-ring (bicyclic) bond motifs is 1. The van der Waals surface area contributed by atoms with Crippen LogP contribution in [0.15, 0.2) is 48.9 Å². The fraction of sp³-hybridized carbons (Fsp3) is 0.435. The maximum atomic E-state index is 13.2. The molecule has 1 fully saturated rings. The van der Waals surface area contributed by atoms with Gasteiger partial charge in [0, 0.05) is 43.5 Å². The number of carbonyl (C=O) groups excluding carboxylic acids is 1. The molecule has 1 aromatic carbocycles. The second-order valence-electron chi connectivity index (χ2n) is 7.75. The average Bonchev–Trinajstić information content (AvgIpc) is 3.21. The van der Waals surface area contributed by atoms with E-state index in [1.807, 2.05) is 23.4 Å². The van der Waals surface area contributed by atoms with E-state index in [0.717, 1.165) is 51.1 Å². The van der Waals surface area contributed by atoms with Crippen LogP contribution >= 0.6 is 0 Å². The topological polar surface area (TPSA) is 53.7 Å². The van der Waals surface area contributed by atoms with E-state index in [0.29, 0.717) is 17.1 Å². The summed E-state index contributed by atoms with van der Waals surface area (Å²) in [5.41, 5.74) is 3.64. The largest absolute Gasteiger partial charge is 0.338 e. The van der Waals surface area contributed by atoms with Crippen molar-refractivity contribution in [2.75, 3.05) is 26.2 Å². The lowest BCUT2D eigenvalue weighted by Gasteiger charge is -2.32. The predicted octanol–water partition coefficient (Wildman–Crippen LogP) is 3.59. The van der Waals surface area contributed by atoms with Gasteiger partial charge in [0.05, 0.1) is 6.20 Å². The van der Waals surface area contributed by atoms with Crippen LogP contribution in [0.3, 0.4) is 0 Å². The third kappa shape index (κ3) is 4.17. The van der Waals surface area contributed by atoms with E-state index in [1.54, 1.807) is 10.7 Å². The first-order valence-corrected chi connectivity index (χ1v) is 10.6. The number of likely N-dealkylation sites (tertiary alicyclic amines) is 1. The van der Waals surface area contributed by atoms with Gasteiger partial charge in [-0.3, -0.25) is 9.69 Å². The Bertz CT molecular complexity index is 964. The lowest BCUT2D eigenvalue weighted by molar-refractivity contribution is 0.0709. The Morgan fingerprint density at radius 3 is 2.72 bits per heavy atom. The van der Waals surface area contributed by atoms with Gasteiger partial charge in [-0.05, 0) is 31.5 Å². The molecular formula is C23H29N5O. The first kappa shape index (κ1) is 19.6. The summed E-state index contributed by atoms with van der Waals surface area (Å²) in [7, 11) is 0. The third-order valence-corrected chi connectivity index (χ3v) is 5.92. The Kier molecular flexibility index (Phi) is 5.90. The fourth-order valence-electron chi connectivity index (χ4n) is 4.18. The highest BCUT2D eigenvalue weighted by atomic mass is 16.2. The van der Waals surface area contributed by atoms with E-state index >= 15 is 0 Å². The Morgan fingerprint density at radius 1 is 1.17 bits per heavy atom. The molecule has 1 aliphatic rings. The molecule has 0 saturated carbocycles. The smallest absolute Gasteiger partial charge is 0.259 e. The summed E-state index contributed by atoms with van der Waals surface area (Å²) in [4.78, 5) is 22.1. The molecule has 1 atom stereocenters. The second-order valence-corrected chi connectivity index (χ2v) is 7.75. The monoisotopic (exact) mass is 391 g/mol. The van der Waals surface area contributed by atoms with Crippen molar-refractivity contribution in [3.63, 3.8) is 0 Å². The molecule has 6 heteroatoms. The van der Waals surface area contributed by atoms with E-state index in [9.17, 15) is 4.79 Å². The summed E-state index contributed by atoms with van der Waals surface area (Å²) in [6.07, 6.45) is 7.66. The molecule has 0 spiro atoms. The number of benzene rings is 1. The second kappa shape index (κ2) is 8.74. The highest BCUT2D eigenvalue weighted by Gasteiger charge is 2.27. The summed E-state index contributed by atoms with van der Waals surface area (Å²) in [6.45, 7) is 8.68. The maximum absolute atomic E-state index is 13.2. The first-order chi connectivity index (χ1) is 14.2. The van der Waals surface area contributed by atoms with Gasteiger partial charge in [0.15, 0.2) is 5.65 Å². The van der Waals surface area contributed by atoms with E-state index in [2.05, 4.69) is 53.1 Å². The molecule has 1 amide bonds. The Labute approximate surface area is 172 Å². The van der Waals surface area contributed by atoms with Gasteiger partial charge in [-0.25, -0.2) is 9.50 Å². The molecule has 3 heterocycles. The number of nitrogens with zero attached hydrogens (tertiary/aromatic N) is 5. The summed E-state index contributed by atoms with van der Waals surface area (Å²) >= 11 is 0. The van der Waals surface area contributed by atoms with Crippen LogP contribution in [0, 0.1) is 0 Å². The number of rotatable bonds is 6. The first-order valence-electron chi connectivity index (χ1n) is 10.6. The van der Waals surface area contributed by atoms with Gasteiger partial charge < -0.3 is 4.90 Å². The van der Waals surface area contributed by atoms with Gasteiger partial charge in [-0.15, -0.1) is 0 Å². The zero-order valence-electron chi connectivity index (χ0n) is 17.3. The van der Waals surface area contributed by atoms with Gasteiger partial charge in [-0.1, -0.05) is 44.2 Å². The van der Waals surface area contributed by atoms with E-state index < -0.39 is 0 Å². The number of hydrogen-bond donors (Lipinski definition) is 0. The van der Waals surface area contributed by atoms with Crippen molar-refractivity contribution >= 4 is 11.6 Å². The van der Waals surface area contributed by atoms with Crippen molar-refractivity contribution in [3.8, 4) is 0 Å². The number of hydrogen-bond acceptors (Lipinski definition) is 4. The minimum atomic E-state index is 0.0321. The molecule has 4 rings (SSSR count). The fourth-order valence-corrected chi connectivity index (χ4v) is 4.18. The van der Waals surface area contributed by atoms with Gasteiger partial charge >= 0.3 is 0 Å². The van der Waals surface area contributed by atoms with Gasteiger partial charge in [0.2, 0.25) is 0 Å². The van der Waals surface area contributed by atoms with Crippen molar-refractivity contribution in [2.45, 2.75) is 39.2 Å². The maximum Gasteiger partial charge on any atom is 0.259 e. The quantitative estimate of drug-likeness (QED) is 0.644. The summed E-state index contributed by atoms with van der Waals surface area (Å²) in [5, 5.41) is 4.42. The van der Waals surface area contributed by atoms with E-state index in [4.69, 9.17) is 0 Å². The zero-order chi connectivity index (χ0) is 20.2. The lowest BCUT2D eigenvalue weighted by Crippen LogP contribution is -2.39. The minimum absolute atomic E-state index is 0.0321. The zero-order valence-corrected chi connectivity index (χ0v) is 17.3. The molecule has 0 unspecified atom stereocenters. The van der Waals surface area contributed by atoms with Gasteiger partial charge in [0.25, 0.3) is 5.91 Å². The highest BCUT2D eigenvalue weighted by Crippen LogP contribution is 2.28. The summed E-state index contributed by atoms with van der Waals surface area (Å²) in [5.74, 6) is 0.425. The standard InChI is InChI=1S/C23H29N5O/c1-3-26(4-2)15-18-13-24-22-21(14-25-28(22)16-18)23(29)27-12-8-11-20(17-27)19-9-6-5-7-10-19/h5-7,9-10,13-14,16,20H,3-4,8,11-12,15,17H2,1-2H3/t20-/m0/s1. The molecular weight excluding hydrogens is 362 g/mol. The predicted molar refractivity (Wildman–Crippen MR) is 114 cm³/mol. The van der Waals surface area contributed by atoms with Gasteiger partial charge in [0.1, 0.15) is 5.56 Å². The van der Waals surface area contributed by atoms with Crippen molar-refractivity contribution < 1.29 is 4.79 Å². The van der Waals surface area contributed by atoms with Crippen molar-refractivity contribution in [1.82, 2.24) is 24.4 Å². The Balaban J connectivity index is 1.52. The van der Waals surface area contributed by atoms with Crippen LogP contribution in [0.25, 0.3) is 5.65 Å². The normalized spacial score (nSPS) is 17.2. The molecule has 1 saturated heterocycles. The molecule has 29 heavy (non-hydrogen) atoms. The Hall–Kier alpha value is -2.73. The van der Waals surface area contributed by atoms with Crippen LogP contribution in [-0.4, -0.2) is 56.5 Å². The number of aromatic nitrogens is 3. The van der Waals surface area contributed by atoms with Crippen molar-refractivity contribution in [2.24, 2.45) is 0 Å². The molecule has 1 aliphatic heterocycles. The molecule has 0 aliphatic carbocycles.